The van der Waals surface area contributed by atoms with Crippen LogP contribution in [0.5, 0.6) is 0 Å². The Bertz CT molecular complexity index is 95.1. The number of halogens is 1. The number of rotatable bonds is 1. The maximum Gasteiger partial charge on any atom is 0.00443 e. The fraction of sp³-hybridized carbons (Fsp3) is 1.00. The lowest BCUT2D eigenvalue weighted by Gasteiger charge is -2.32. The van der Waals surface area contributed by atoms with Gasteiger partial charge in [0.25, 0.3) is 0 Å². The summed E-state index contributed by atoms with van der Waals surface area (Å²) in [6, 6.07) is 0.570. The molecule has 9 heavy (non-hydrogen) atoms. The molecule has 2 aliphatic carbocycles. The predicted molar refractivity (Wildman–Crippen MR) is 40.7 cm³/mol. The first kappa shape index (κ1) is 7.36. The third kappa shape index (κ3) is 1.39. The molecule has 0 saturated heterocycles. The monoisotopic (exact) mass is 147 g/mol. The van der Waals surface area contributed by atoms with Crippen molar-refractivity contribution in [2.45, 2.75) is 31.7 Å². The van der Waals surface area contributed by atoms with Crippen LogP contribution in [0.15, 0.2) is 0 Å². The summed E-state index contributed by atoms with van der Waals surface area (Å²) in [5.41, 5.74) is 5.63. The van der Waals surface area contributed by atoms with Gasteiger partial charge in [-0.15, -0.1) is 12.4 Å². The normalized spacial score (nSPS) is 41.0. The van der Waals surface area contributed by atoms with E-state index < -0.39 is 0 Å². The minimum absolute atomic E-state index is 0. The smallest absolute Gasteiger partial charge is 0.00443 e. The van der Waals surface area contributed by atoms with Gasteiger partial charge in [-0.2, -0.15) is 0 Å². The van der Waals surface area contributed by atoms with Crippen molar-refractivity contribution in [2.75, 3.05) is 0 Å². The van der Waals surface area contributed by atoms with E-state index in [0.29, 0.717) is 6.04 Å². The molecule has 0 spiro atoms. The van der Waals surface area contributed by atoms with Crippen LogP contribution in [0.1, 0.15) is 25.7 Å². The first-order valence-electron chi connectivity index (χ1n) is 3.62. The van der Waals surface area contributed by atoms with E-state index in [2.05, 4.69) is 0 Å². The van der Waals surface area contributed by atoms with Crippen molar-refractivity contribution in [3.8, 4) is 0 Å². The van der Waals surface area contributed by atoms with Crippen LogP contribution in [-0.4, -0.2) is 6.04 Å². The topological polar surface area (TPSA) is 26.0 Å². The summed E-state index contributed by atoms with van der Waals surface area (Å²) in [4.78, 5) is 0. The Labute approximate surface area is 62.4 Å². The van der Waals surface area contributed by atoms with Crippen molar-refractivity contribution in [2.24, 2.45) is 17.6 Å². The zero-order chi connectivity index (χ0) is 5.56. The van der Waals surface area contributed by atoms with Gasteiger partial charge in [-0.25, -0.2) is 0 Å². The standard InChI is InChI=1S/C7H13N.ClH/c8-7-3-6(4-7)5-1-2-5;/h5-7H,1-4,8H2;1H. The van der Waals surface area contributed by atoms with Crippen LogP contribution < -0.4 is 5.73 Å². The SMILES string of the molecule is Cl.NC1CC(C2CC2)C1. The Hall–Kier alpha value is 0.250. The Kier molecular flexibility index (Phi) is 2.02. The summed E-state index contributed by atoms with van der Waals surface area (Å²) >= 11 is 0. The Morgan fingerprint density at radius 1 is 1.00 bits per heavy atom. The fourth-order valence-electron chi connectivity index (χ4n) is 1.66. The minimum Gasteiger partial charge on any atom is -0.328 e. The average molecular weight is 148 g/mol. The van der Waals surface area contributed by atoms with Gasteiger partial charge in [0.15, 0.2) is 0 Å². The molecule has 0 amide bonds. The molecule has 2 fully saturated rings. The molecular weight excluding hydrogens is 134 g/mol. The largest absolute Gasteiger partial charge is 0.328 e. The third-order valence-electron chi connectivity index (χ3n) is 2.50. The van der Waals surface area contributed by atoms with Crippen molar-refractivity contribution in [3.05, 3.63) is 0 Å². The maximum absolute atomic E-state index is 5.63. The first-order valence-corrected chi connectivity index (χ1v) is 3.62. The van der Waals surface area contributed by atoms with E-state index >= 15 is 0 Å². The van der Waals surface area contributed by atoms with Gasteiger partial charge in [-0.05, 0) is 37.5 Å². The second-order valence-electron chi connectivity index (χ2n) is 3.33. The molecule has 1 nitrogen and oxygen atoms in total. The highest BCUT2D eigenvalue weighted by Gasteiger charge is 2.38. The summed E-state index contributed by atoms with van der Waals surface area (Å²) in [6.45, 7) is 0. The summed E-state index contributed by atoms with van der Waals surface area (Å²) in [6.07, 6.45) is 5.64. The molecule has 0 aliphatic heterocycles. The molecule has 2 rings (SSSR count). The van der Waals surface area contributed by atoms with Gasteiger partial charge in [0.1, 0.15) is 0 Å². The minimum atomic E-state index is 0. The van der Waals surface area contributed by atoms with E-state index in [1.54, 1.807) is 0 Å². The second-order valence-corrected chi connectivity index (χ2v) is 3.33. The van der Waals surface area contributed by atoms with Crippen molar-refractivity contribution in [1.82, 2.24) is 0 Å². The van der Waals surface area contributed by atoms with Crippen LogP contribution in [0.2, 0.25) is 0 Å². The van der Waals surface area contributed by atoms with E-state index in [-0.39, 0.29) is 12.4 Å². The third-order valence-corrected chi connectivity index (χ3v) is 2.50. The molecule has 0 heterocycles. The summed E-state index contributed by atoms with van der Waals surface area (Å²) in [7, 11) is 0. The molecule has 0 aromatic heterocycles. The molecule has 0 aromatic rings. The molecule has 0 bridgehead atoms. The van der Waals surface area contributed by atoms with Gasteiger partial charge in [-0.1, -0.05) is 0 Å². The molecule has 2 heteroatoms. The Balaban J connectivity index is 0.000000405. The average Bonchev–Trinajstić information content (AvgIpc) is 2.37. The number of nitrogens with two attached hydrogens (primary N) is 1. The van der Waals surface area contributed by atoms with Crippen molar-refractivity contribution in [3.63, 3.8) is 0 Å². The molecule has 2 N–H and O–H groups in total. The lowest BCUT2D eigenvalue weighted by atomic mass is 9.78. The van der Waals surface area contributed by atoms with Crippen LogP contribution in [0.3, 0.4) is 0 Å². The predicted octanol–water partition coefficient (Wildman–Crippen LogP) is 1.56. The lowest BCUT2D eigenvalue weighted by Crippen LogP contribution is -2.37. The molecule has 0 radical (unpaired) electrons. The van der Waals surface area contributed by atoms with Crippen molar-refractivity contribution < 1.29 is 0 Å². The van der Waals surface area contributed by atoms with Crippen LogP contribution in [-0.2, 0) is 0 Å². The van der Waals surface area contributed by atoms with E-state index in [9.17, 15) is 0 Å². The first-order chi connectivity index (χ1) is 3.86. The van der Waals surface area contributed by atoms with Gasteiger partial charge in [0, 0.05) is 6.04 Å². The van der Waals surface area contributed by atoms with E-state index in [1.165, 1.54) is 25.7 Å². The van der Waals surface area contributed by atoms with E-state index in [4.69, 9.17) is 5.73 Å². The van der Waals surface area contributed by atoms with Crippen LogP contribution in [0, 0.1) is 11.8 Å². The summed E-state index contributed by atoms with van der Waals surface area (Å²) < 4.78 is 0. The zero-order valence-corrected chi connectivity index (χ0v) is 6.36. The molecule has 0 atom stereocenters. The zero-order valence-electron chi connectivity index (χ0n) is 5.55. The molecule has 54 valence electrons. The second kappa shape index (κ2) is 2.47. The van der Waals surface area contributed by atoms with Gasteiger partial charge < -0.3 is 5.73 Å². The number of hydrogen-bond acceptors (Lipinski definition) is 1. The molecule has 2 aliphatic rings. The highest BCUT2D eigenvalue weighted by atomic mass is 35.5. The van der Waals surface area contributed by atoms with Crippen LogP contribution >= 0.6 is 12.4 Å². The van der Waals surface area contributed by atoms with Gasteiger partial charge >= 0.3 is 0 Å². The highest BCUT2D eigenvalue weighted by molar-refractivity contribution is 5.85. The van der Waals surface area contributed by atoms with Crippen molar-refractivity contribution >= 4 is 12.4 Å². The van der Waals surface area contributed by atoms with Crippen molar-refractivity contribution in [1.29, 1.82) is 0 Å². The summed E-state index contributed by atoms with van der Waals surface area (Å²) in [5, 5.41) is 0. The van der Waals surface area contributed by atoms with E-state index in [1.807, 2.05) is 0 Å². The lowest BCUT2D eigenvalue weighted by molar-refractivity contribution is 0.234. The molecule has 0 aromatic carbocycles. The summed E-state index contributed by atoms with van der Waals surface area (Å²) in [5.74, 6) is 2.15. The maximum atomic E-state index is 5.63. The van der Waals surface area contributed by atoms with Crippen LogP contribution in [0.4, 0.5) is 0 Å². The van der Waals surface area contributed by atoms with Crippen LogP contribution in [0.25, 0.3) is 0 Å². The Morgan fingerprint density at radius 3 is 1.89 bits per heavy atom. The highest BCUT2D eigenvalue weighted by Crippen LogP contribution is 2.46. The van der Waals surface area contributed by atoms with Gasteiger partial charge in [0.05, 0.1) is 0 Å². The molecule has 0 unspecified atom stereocenters. The molecular formula is C7H14ClN. The van der Waals surface area contributed by atoms with Gasteiger partial charge in [0.2, 0.25) is 0 Å². The quantitative estimate of drug-likeness (QED) is 0.599. The molecule has 2 saturated carbocycles. The number of hydrogen-bond donors (Lipinski definition) is 1. The fourth-order valence-corrected chi connectivity index (χ4v) is 1.66. The Morgan fingerprint density at radius 2 is 1.56 bits per heavy atom. The van der Waals surface area contributed by atoms with E-state index in [0.717, 1.165) is 11.8 Å². The van der Waals surface area contributed by atoms with Gasteiger partial charge in [-0.3, -0.25) is 0 Å².